The number of rotatable bonds is 3. The zero-order chi connectivity index (χ0) is 23.4. The molecule has 0 atom stereocenters. The maximum atomic E-state index is 12.8. The summed E-state index contributed by atoms with van der Waals surface area (Å²) in [6, 6.07) is 20.9. The van der Waals surface area contributed by atoms with E-state index < -0.39 is 0 Å². The van der Waals surface area contributed by atoms with Gasteiger partial charge in [-0.3, -0.25) is 4.79 Å². The predicted molar refractivity (Wildman–Crippen MR) is 138 cm³/mol. The molecule has 0 aliphatic heterocycles. The largest absolute Gasteiger partial charge is 0.397 e. The summed E-state index contributed by atoms with van der Waals surface area (Å²) in [7, 11) is 0. The lowest BCUT2D eigenvalue weighted by molar-refractivity contribution is -0.112. The maximum absolute atomic E-state index is 12.8. The van der Waals surface area contributed by atoms with Crippen LogP contribution in [0.3, 0.4) is 0 Å². The number of benzene rings is 3. The SMILES string of the molecule is CC1(C)CCC(C)(C)c2cc(-c3ccc4c(c3)C=C(C(=O)Nc3ccccc3N)C4)ccc21. The van der Waals surface area contributed by atoms with Gasteiger partial charge >= 0.3 is 0 Å². The van der Waals surface area contributed by atoms with Crippen molar-refractivity contribution in [2.45, 2.75) is 57.8 Å². The van der Waals surface area contributed by atoms with Gasteiger partial charge in [-0.1, -0.05) is 70.2 Å². The molecule has 0 aromatic heterocycles. The van der Waals surface area contributed by atoms with Crippen LogP contribution in [0.4, 0.5) is 11.4 Å². The molecule has 5 rings (SSSR count). The number of amides is 1. The van der Waals surface area contributed by atoms with Crippen LogP contribution in [0.25, 0.3) is 17.2 Å². The first kappa shape index (κ1) is 21.5. The summed E-state index contributed by atoms with van der Waals surface area (Å²) in [4.78, 5) is 12.8. The van der Waals surface area contributed by atoms with Gasteiger partial charge in [0, 0.05) is 12.0 Å². The number of hydrogen-bond acceptors (Lipinski definition) is 2. The van der Waals surface area contributed by atoms with E-state index in [0.29, 0.717) is 17.8 Å². The number of carbonyl (C=O) groups excluding carboxylic acids is 1. The Hall–Kier alpha value is -3.33. The minimum atomic E-state index is -0.0941. The first-order valence-corrected chi connectivity index (χ1v) is 11.8. The lowest BCUT2D eigenvalue weighted by atomic mass is 9.63. The van der Waals surface area contributed by atoms with Gasteiger partial charge in [-0.2, -0.15) is 0 Å². The Kier molecular flexibility index (Phi) is 4.97. The van der Waals surface area contributed by atoms with Gasteiger partial charge in [0.05, 0.1) is 11.4 Å². The zero-order valence-corrected chi connectivity index (χ0v) is 20.0. The highest BCUT2D eigenvalue weighted by molar-refractivity contribution is 6.09. The zero-order valence-electron chi connectivity index (χ0n) is 20.0. The van der Waals surface area contributed by atoms with E-state index in [1.807, 2.05) is 24.3 Å². The molecule has 3 heteroatoms. The van der Waals surface area contributed by atoms with E-state index in [2.05, 4.69) is 69.4 Å². The van der Waals surface area contributed by atoms with Gasteiger partial charge in [-0.15, -0.1) is 0 Å². The summed E-state index contributed by atoms with van der Waals surface area (Å²) in [6.45, 7) is 9.44. The van der Waals surface area contributed by atoms with E-state index >= 15 is 0 Å². The second-order valence-electron chi connectivity index (χ2n) is 10.8. The molecule has 33 heavy (non-hydrogen) atoms. The highest BCUT2D eigenvalue weighted by Crippen LogP contribution is 2.47. The van der Waals surface area contributed by atoms with Crippen LogP contribution >= 0.6 is 0 Å². The standard InChI is InChI=1S/C30H32N2O/c1-29(2)13-14-30(3,4)25-18-21(11-12-24(25)29)19-9-10-20-16-23(17-22(20)15-19)28(33)32-27-8-6-5-7-26(27)31/h5-12,15,17-18H,13-14,16,31H2,1-4H3,(H,32,33). The normalized spacial score (nSPS) is 17.6. The maximum Gasteiger partial charge on any atom is 0.252 e. The van der Waals surface area contributed by atoms with Crippen LogP contribution < -0.4 is 11.1 Å². The summed E-state index contributed by atoms with van der Waals surface area (Å²) in [5.41, 5.74) is 16.1. The van der Waals surface area contributed by atoms with Crippen LogP contribution in [-0.2, 0) is 22.0 Å². The molecule has 0 spiro atoms. The molecular weight excluding hydrogens is 404 g/mol. The molecule has 2 aliphatic carbocycles. The smallest absolute Gasteiger partial charge is 0.252 e. The molecule has 0 fully saturated rings. The Morgan fingerprint density at radius 1 is 0.848 bits per heavy atom. The molecule has 0 radical (unpaired) electrons. The Bertz CT molecular complexity index is 1300. The van der Waals surface area contributed by atoms with Crippen molar-refractivity contribution < 1.29 is 4.79 Å². The van der Waals surface area contributed by atoms with Crippen molar-refractivity contribution in [3.8, 4) is 11.1 Å². The van der Waals surface area contributed by atoms with Crippen molar-refractivity contribution in [1.29, 1.82) is 0 Å². The molecular formula is C30H32N2O. The molecule has 2 aliphatic rings. The van der Waals surface area contributed by atoms with E-state index in [0.717, 1.165) is 11.1 Å². The van der Waals surface area contributed by atoms with E-state index in [4.69, 9.17) is 5.73 Å². The van der Waals surface area contributed by atoms with Crippen molar-refractivity contribution in [3.63, 3.8) is 0 Å². The Balaban J connectivity index is 1.44. The number of fused-ring (bicyclic) bond motifs is 2. The molecule has 3 aromatic carbocycles. The van der Waals surface area contributed by atoms with Gasteiger partial charge in [-0.05, 0) is 81.3 Å². The molecule has 1 amide bonds. The third-order valence-electron chi connectivity index (χ3n) is 7.54. The van der Waals surface area contributed by atoms with Crippen molar-refractivity contribution >= 4 is 23.4 Å². The molecule has 0 bridgehead atoms. The second kappa shape index (κ2) is 7.62. The lowest BCUT2D eigenvalue weighted by Crippen LogP contribution is -2.33. The van der Waals surface area contributed by atoms with Crippen LogP contribution in [0.15, 0.2) is 66.2 Å². The quantitative estimate of drug-likeness (QED) is 0.441. The number of para-hydroxylation sites is 2. The molecule has 168 valence electrons. The number of nitrogen functional groups attached to an aromatic ring is 1. The first-order valence-electron chi connectivity index (χ1n) is 11.8. The van der Waals surface area contributed by atoms with Crippen LogP contribution in [0, 0.1) is 0 Å². The molecule has 0 heterocycles. The first-order chi connectivity index (χ1) is 15.6. The van der Waals surface area contributed by atoms with Gasteiger partial charge in [0.1, 0.15) is 0 Å². The summed E-state index contributed by atoms with van der Waals surface area (Å²) >= 11 is 0. The molecule has 3 nitrogen and oxygen atoms in total. The minimum absolute atomic E-state index is 0.0941. The number of nitrogens with one attached hydrogen (secondary N) is 1. The average molecular weight is 437 g/mol. The Morgan fingerprint density at radius 2 is 1.52 bits per heavy atom. The van der Waals surface area contributed by atoms with Crippen LogP contribution in [0.5, 0.6) is 0 Å². The van der Waals surface area contributed by atoms with Gasteiger partial charge in [-0.25, -0.2) is 0 Å². The Labute approximate surface area is 196 Å². The fourth-order valence-corrected chi connectivity index (χ4v) is 5.24. The second-order valence-corrected chi connectivity index (χ2v) is 10.8. The summed E-state index contributed by atoms with van der Waals surface area (Å²) in [5.74, 6) is -0.0941. The number of carbonyl (C=O) groups is 1. The van der Waals surface area contributed by atoms with Gasteiger partial charge < -0.3 is 11.1 Å². The highest BCUT2D eigenvalue weighted by atomic mass is 16.1. The van der Waals surface area contributed by atoms with Crippen molar-refractivity contribution in [3.05, 3.63) is 88.5 Å². The molecule has 0 unspecified atom stereocenters. The lowest BCUT2D eigenvalue weighted by Gasteiger charge is -2.42. The highest BCUT2D eigenvalue weighted by Gasteiger charge is 2.37. The van der Waals surface area contributed by atoms with E-state index in [1.165, 1.54) is 40.7 Å². The van der Waals surface area contributed by atoms with Crippen LogP contribution in [-0.4, -0.2) is 5.91 Å². The topological polar surface area (TPSA) is 55.1 Å². The monoisotopic (exact) mass is 436 g/mol. The Morgan fingerprint density at radius 3 is 2.27 bits per heavy atom. The van der Waals surface area contributed by atoms with E-state index in [-0.39, 0.29) is 16.7 Å². The fourth-order valence-electron chi connectivity index (χ4n) is 5.24. The van der Waals surface area contributed by atoms with Gasteiger partial charge in [0.2, 0.25) is 0 Å². The molecule has 3 N–H and O–H groups in total. The summed E-state index contributed by atoms with van der Waals surface area (Å²) in [6.07, 6.45) is 5.07. The molecule has 3 aromatic rings. The number of nitrogens with two attached hydrogens (primary N) is 1. The van der Waals surface area contributed by atoms with Gasteiger partial charge in [0.25, 0.3) is 5.91 Å². The van der Waals surface area contributed by atoms with Crippen molar-refractivity contribution in [1.82, 2.24) is 0 Å². The summed E-state index contributed by atoms with van der Waals surface area (Å²) < 4.78 is 0. The minimum Gasteiger partial charge on any atom is -0.397 e. The third kappa shape index (κ3) is 3.86. The third-order valence-corrected chi connectivity index (χ3v) is 7.54. The average Bonchev–Trinajstić information content (AvgIpc) is 3.22. The number of anilines is 2. The van der Waals surface area contributed by atoms with Gasteiger partial charge in [0.15, 0.2) is 0 Å². The van der Waals surface area contributed by atoms with Crippen LogP contribution in [0.2, 0.25) is 0 Å². The van der Waals surface area contributed by atoms with Crippen molar-refractivity contribution in [2.75, 3.05) is 11.1 Å². The molecule has 0 saturated carbocycles. The van der Waals surface area contributed by atoms with Crippen LogP contribution in [0.1, 0.15) is 62.8 Å². The van der Waals surface area contributed by atoms with E-state index in [9.17, 15) is 4.79 Å². The van der Waals surface area contributed by atoms with E-state index in [1.54, 1.807) is 6.07 Å². The van der Waals surface area contributed by atoms with Crippen molar-refractivity contribution in [2.24, 2.45) is 0 Å². The fraction of sp³-hybridized carbons (Fsp3) is 0.300. The summed E-state index contributed by atoms with van der Waals surface area (Å²) in [5, 5.41) is 2.95. The predicted octanol–water partition coefficient (Wildman–Crippen LogP) is 6.86. The number of hydrogen-bond donors (Lipinski definition) is 2. The molecule has 0 saturated heterocycles.